The summed E-state index contributed by atoms with van der Waals surface area (Å²) in [6.07, 6.45) is 3.67. The van der Waals surface area contributed by atoms with Crippen molar-refractivity contribution < 1.29 is 14.3 Å². The Hall–Kier alpha value is -2.77. The molecule has 1 unspecified atom stereocenters. The van der Waals surface area contributed by atoms with E-state index in [2.05, 4.69) is 20.9 Å². The highest BCUT2D eigenvalue weighted by Gasteiger charge is 2.27. The highest BCUT2D eigenvalue weighted by Crippen LogP contribution is 2.21. The van der Waals surface area contributed by atoms with E-state index in [0.717, 1.165) is 56.8 Å². The molecular weight excluding hydrogens is 406 g/mol. The fourth-order valence-electron chi connectivity index (χ4n) is 3.75. The molecule has 0 aliphatic carbocycles. The van der Waals surface area contributed by atoms with Gasteiger partial charge in [0.25, 0.3) is 5.91 Å². The van der Waals surface area contributed by atoms with E-state index in [1.165, 1.54) is 0 Å². The SMILES string of the molecule is CN=C(NCCc1cccc(C(=O)NC)c1)NCCC1CCCN(C(=O)OC(C)(C)C)C1. The summed E-state index contributed by atoms with van der Waals surface area (Å²) in [5, 5.41) is 9.34. The van der Waals surface area contributed by atoms with Gasteiger partial charge >= 0.3 is 6.09 Å². The zero-order chi connectivity index (χ0) is 23.6. The lowest BCUT2D eigenvalue weighted by Gasteiger charge is -2.34. The van der Waals surface area contributed by atoms with Gasteiger partial charge in [0.1, 0.15) is 5.60 Å². The van der Waals surface area contributed by atoms with Crippen LogP contribution >= 0.6 is 0 Å². The highest BCUT2D eigenvalue weighted by molar-refractivity contribution is 5.94. The number of likely N-dealkylation sites (tertiary alicyclic amines) is 1. The van der Waals surface area contributed by atoms with Crippen LogP contribution in [0.25, 0.3) is 0 Å². The Bertz CT molecular complexity index is 788. The molecule has 1 aromatic carbocycles. The van der Waals surface area contributed by atoms with Crippen molar-refractivity contribution in [2.45, 2.75) is 52.1 Å². The zero-order valence-electron chi connectivity index (χ0n) is 20.2. The Morgan fingerprint density at radius 2 is 1.97 bits per heavy atom. The molecule has 1 saturated heterocycles. The van der Waals surface area contributed by atoms with Crippen LogP contribution in [-0.2, 0) is 11.2 Å². The second-order valence-electron chi connectivity index (χ2n) is 9.18. The van der Waals surface area contributed by atoms with Crippen LogP contribution in [0.15, 0.2) is 29.3 Å². The summed E-state index contributed by atoms with van der Waals surface area (Å²) in [6.45, 7) is 8.70. The van der Waals surface area contributed by atoms with Crippen molar-refractivity contribution in [1.29, 1.82) is 0 Å². The predicted molar refractivity (Wildman–Crippen MR) is 128 cm³/mol. The monoisotopic (exact) mass is 445 g/mol. The molecule has 2 amide bonds. The molecule has 3 N–H and O–H groups in total. The lowest BCUT2D eigenvalue weighted by molar-refractivity contribution is 0.0162. The average molecular weight is 446 g/mol. The van der Waals surface area contributed by atoms with Crippen LogP contribution in [0.5, 0.6) is 0 Å². The van der Waals surface area contributed by atoms with Crippen molar-refractivity contribution in [2.24, 2.45) is 10.9 Å². The number of nitrogens with one attached hydrogen (secondary N) is 3. The maximum absolute atomic E-state index is 12.3. The summed E-state index contributed by atoms with van der Waals surface area (Å²) in [5.74, 6) is 1.13. The van der Waals surface area contributed by atoms with Gasteiger partial charge in [0.2, 0.25) is 0 Å². The van der Waals surface area contributed by atoms with Gasteiger partial charge < -0.3 is 25.6 Å². The number of hydrogen-bond donors (Lipinski definition) is 3. The summed E-state index contributed by atoms with van der Waals surface area (Å²) in [7, 11) is 3.39. The van der Waals surface area contributed by atoms with E-state index < -0.39 is 5.60 Å². The predicted octanol–water partition coefficient (Wildman–Crippen LogP) is 2.79. The summed E-state index contributed by atoms with van der Waals surface area (Å²) in [4.78, 5) is 30.2. The van der Waals surface area contributed by atoms with Gasteiger partial charge in [-0.2, -0.15) is 0 Å². The summed E-state index contributed by atoms with van der Waals surface area (Å²) in [5.41, 5.74) is 1.30. The number of carbonyl (C=O) groups excluding carboxylic acids is 2. The molecule has 0 bridgehead atoms. The molecule has 1 aliphatic rings. The molecule has 0 aromatic heterocycles. The van der Waals surface area contributed by atoms with Crippen LogP contribution < -0.4 is 16.0 Å². The van der Waals surface area contributed by atoms with E-state index in [9.17, 15) is 9.59 Å². The van der Waals surface area contributed by atoms with E-state index in [1.807, 2.05) is 49.9 Å². The minimum atomic E-state index is -0.465. The standard InChI is InChI=1S/C24H39N5O3/c1-24(2,3)32-23(31)29-15-7-9-19(17-29)12-14-28-22(26-5)27-13-11-18-8-6-10-20(16-18)21(30)25-4/h6,8,10,16,19H,7,9,11-15,17H2,1-5H3,(H,25,30)(H2,26,27,28). The van der Waals surface area contributed by atoms with Gasteiger partial charge in [-0.3, -0.25) is 9.79 Å². The van der Waals surface area contributed by atoms with Crippen molar-refractivity contribution >= 4 is 18.0 Å². The third-order valence-corrected chi connectivity index (χ3v) is 5.36. The number of carbonyl (C=O) groups is 2. The molecule has 1 heterocycles. The molecule has 1 fully saturated rings. The Kier molecular flexibility index (Phi) is 9.81. The molecule has 0 saturated carbocycles. The number of rotatable bonds is 7. The van der Waals surface area contributed by atoms with Gasteiger partial charge in [0.05, 0.1) is 0 Å². The van der Waals surface area contributed by atoms with E-state index in [0.29, 0.717) is 18.0 Å². The molecule has 2 rings (SSSR count). The Morgan fingerprint density at radius 3 is 2.66 bits per heavy atom. The first-order valence-electron chi connectivity index (χ1n) is 11.5. The molecule has 0 radical (unpaired) electrons. The van der Waals surface area contributed by atoms with Gasteiger partial charge in [0.15, 0.2) is 5.96 Å². The summed E-state index contributed by atoms with van der Waals surface area (Å²) < 4.78 is 5.51. The second kappa shape index (κ2) is 12.3. The van der Waals surface area contributed by atoms with E-state index >= 15 is 0 Å². The highest BCUT2D eigenvalue weighted by atomic mass is 16.6. The third kappa shape index (κ3) is 8.77. The van der Waals surface area contributed by atoms with Gasteiger partial charge in [-0.25, -0.2) is 4.79 Å². The van der Waals surface area contributed by atoms with E-state index in [1.54, 1.807) is 14.1 Å². The molecule has 1 aliphatic heterocycles. The number of benzene rings is 1. The van der Waals surface area contributed by atoms with Crippen LogP contribution in [0.2, 0.25) is 0 Å². The first-order chi connectivity index (χ1) is 15.2. The van der Waals surface area contributed by atoms with Crippen LogP contribution in [0.4, 0.5) is 4.79 Å². The zero-order valence-corrected chi connectivity index (χ0v) is 20.2. The van der Waals surface area contributed by atoms with Gasteiger partial charge in [-0.05, 0) is 70.1 Å². The van der Waals surface area contributed by atoms with Crippen molar-refractivity contribution in [3.05, 3.63) is 35.4 Å². The number of piperidine rings is 1. The Labute approximate surface area is 192 Å². The Morgan fingerprint density at radius 1 is 1.22 bits per heavy atom. The van der Waals surface area contributed by atoms with Gasteiger partial charge in [-0.15, -0.1) is 0 Å². The van der Waals surface area contributed by atoms with Crippen molar-refractivity contribution in [1.82, 2.24) is 20.9 Å². The molecule has 0 spiro atoms. The maximum atomic E-state index is 12.3. The van der Waals surface area contributed by atoms with Crippen molar-refractivity contribution in [2.75, 3.05) is 40.3 Å². The van der Waals surface area contributed by atoms with E-state index in [4.69, 9.17) is 4.74 Å². The first-order valence-corrected chi connectivity index (χ1v) is 11.5. The number of aliphatic imine (C=N–C) groups is 1. The second-order valence-corrected chi connectivity index (χ2v) is 9.18. The van der Waals surface area contributed by atoms with Crippen LogP contribution in [0.3, 0.4) is 0 Å². The molecule has 1 aromatic rings. The maximum Gasteiger partial charge on any atom is 0.410 e. The lowest BCUT2D eigenvalue weighted by atomic mass is 9.95. The summed E-state index contributed by atoms with van der Waals surface area (Å²) >= 11 is 0. The summed E-state index contributed by atoms with van der Waals surface area (Å²) in [6, 6.07) is 7.64. The number of hydrogen-bond acceptors (Lipinski definition) is 4. The van der Waals surface area contributed by atoms with Gasteiger partial charge in [-0.1, -0.05) is 12.1 Å². The normalized spacial score (nSPS) is 17.0. The quantitative estimate of drug-likeness (QED) is 0.443. The first kappa shape index (κ1) is 25.5. The third-order valence-electron chi connectivity index (χ3n) is 5.36. The fraction of sp³-hybridized carbons (Fsp3) is 0.625. The Balaban J connectivity index is 1.71. The topological polar surface area (TPSA) is 95.1 Å². The van der Waals surface area contributed by atoms with E-state index in [-0.39, 0.29) is 12.0 Å². The van der Waals surface area contributed by atoms with Crippen LogP contribution in [0.1, 0.15) is 56.0 Å². The fourth-order valence-corrected chi connectivity index (χ4v) is 3.75. The number of amides is 2. The largest absolute Gasteiger partial charge is 0.444 e. The number of ether oxygens (including phenoxy) is 1. The van der Waals surface area contributed by atoms with Crippen LogP contribution in [-0.4, -0.2) is 68.7 Å². The average Bonchev–Trinajstić information content (AvgIpc) is 2.76. The molecule has 1 atom stereocenters. The lowest BCUT2D eigenvalue weighted by Crippen LogP contribution is -2.44. The molecule has 178 valence electrons. The molecule has 8 nitrogen and oxygen atoms in total. The minimum Gasteiger partial charge on any atom is -0.444 e. The van der Waals surface area contributed by atoms with Crippen LogP contribution in [0, 0.1) is 5.92 Å². The molecule has 32 heavy (non-hydrogen) atoms. The molecular formula is C24H39N5O3. The molecule has 8 heteroatoms. The smallest absolute Gasteiger partial charge is 0.410 e. The van der Waals surface area contributed by atoms with Gasteiger partial charge in [0, 0.05) is 45.8 Å². The van der Waals surface area contributed by atoms with Crippen molar-refractivity contribution in [3.8, 4) is 0 Å². The minimum absolute atomic E-state index is 0.0785. The van der Waals surface area contributed by atoms with Crippen molar-refractivity contribution in [3.63, 3.8) is 0 Å². The number of nitrogens with zero attached hydrogens (tertiary/aromatic N) is 2. The number of guanidine groups is 1.